The minimum absolute atomic E-state index is 0.129. The molecule has 9 heteroatoms. The van der Waals surface area contributed by atoms with Crippen LogP contribution in [0, 0.1) is 0 Å². The lowest BCUT2D eigenvalue weighted by Crippen LogP contribution is -2.57. The van der Waals surface area contributed by atoms with Crippen molar-refractivity contribution in [2.75, 3.05) is 37.0 Å². The molecule has 1 N–H and O–H groups in total. The highest BCUT2D eigenvalue weighted by atomic mass is 16.6. The molecule has 0 saturated carbocycles. The van der Waals surface area contributed by atoms with Gasteiger partial charge in [-0.1, -0.05) is 0 Å². The maximum absolute atomic E-state index is 12.8. The number of carbonyl (C=O) groups is 1. The summed E-state index contributed by atoms with van der Waals surface area (Å²) in [5, 5.41) is 0.981. The first kappa shape index (κ1) is 21.5. The Hall–Kier alpha value is -3.36. The molecule has 9 nitrogen and oxygen atoms in total. The standard InChI is InChI=1S/C24H31N7O2/c1-24(2,3)33-23(32)31-16-7-8-17(31)13-30(12-16)22-18-10-19(28-21(18)26-14-27-22)15-6-9-20(25-11-15)29(4)5/h6,9-11,14,16-17H,7-8,12-13H2,1-5H3,(H,26,27,28). The third-order valence-electron chi connectivity index (χ3n) is 6.31. The van der Waals surface area contributed by atoms with E-state index >= 15 is 0 Å². The molecule has 0 aliphatic carbocycles. The lowest BCUT2D eigenvalue weighted by atomic mass is 10.1. The normalized spacial score (nSPS) is 20.4. The number of hydrogen-bond donors (Lipinski definition) is 1. The lowest BCUT2D eigenvalue weighted by Gasteiger charge is -2.41. The number of ether oxygens (including phenoxy) is 1. The number of nitrogens with one attached hydrogen (secondary N) is 1. The Morgan fingerprint density at radius 2 is 1.85 bits per heavy atom. The van der Waals surface area contributed by atoms with Crippen LogP contribution in [-0.2, 0) is 4.74 Å². The molecule has 2 atom stereocenters. The van der Waals surface area contributed by atoms with Crippen molar-refractivity contribution in [2.24, 2.45) is 0 Å². The van der Waals surface area contributed by atoms with Gasteiger partial charge in [0.25, 0.3) is 0 Å². The van der Waals surface area contributed by atoms with Crippen molar-refractivity contribution < 1.29 is 9.53 Å². The molecule has 2 saturated heterocycles. The number of anilines is 2. The summed E-state index contributed by atoms with van der Waals surface area (Å²) < 4.78 is 5.67. The summed E-state index contributed by atoms with van der Waals surface area (Å²) in [6.07, 6.45) is 5.23. The zero-order valence-electron chi connectivity index (χ0n) is 19.9. The summed E-state index contributed by atoms with van der Waals surface area (Å²) in [5.74, 6) is 1.81. The summed E-state index contributed by atoms with van der Waals surface area (Å²) in [6, 6.07) is 6.41. The minimum atomic E-state index is -0.492. The van der Waals surface area contributed by atoms with Gasteiger partial charge >= 0.3 is 6.09 Å². The molecule has 5 heterocycles. The minimum Gasteiger partial charge on any atom is -0.444 e. The van der Waals surface area contributed by atoms with Crippen molar-refractivity contribution in [3.05, 3.63) is 30.7 Å². The second-order valence-electron chi connectivity index (χ2n) is 10.1. The number of aromatic nitrogens is 4. The molecule has 2 aliphatic rings. The molecular formula is C24H31N7O2. The van der Waals surface area contributed by atoms with Crippen LogP contribution in [-0.4, -0.2) is 75.8 Å². The number of H-pyrrole nitrogens is 1. The molecule has 3 aromatic heterocycles. The van der Waals surface area contributed by atoms with Gasteiger partial charge in [0.05, 0.1) is 17.5 Å². The molecule has 2 fully saturated rings. The van der Waals surface area contributed by atoms with Gasteiger partial charge in [0, 0.05) is 44.6 Å². The molecule has 174 valence electrons. The monoisotopic (exact) mass is 449 g/mol. The van der Waals surface area contributed by atoms with Crippen LogP contribution in [0.1, 0.15) is 33.6 Å². The number of rotatable bonds is 3. The zero-order valence-corrected chi connectivity index (χ0v) is 19.9. The number of piperazine rings is 1. The third-order valence-corrected chi connectivity index (χ3v) is 6.31. The van der Waals surface area contributed by atoms with Crippen molar-refractivity contribution in [1.82, 2.24) is 24.8 Å². The van der Waals surface area contributed by atoms with E-state index in [1.807, 2.05) is 56.9 Å². The van der Waals surface area contributed by atoms with Crippen LogP contribution < -0.4 is 9.80 Å². The van der Waals surface area contributed by atoms with Crippen molar-refractivity contribution in [3.8, 4) is 11.3 Å². The van der Waals surface area contributed by atoms with E-state index < -0.39 is 5.60 Å². The van der Waals surface area contributed by atoms with Gasteiger partial charge in [-0.2, -0.15) is 0 Å². The third kappa shape index (κ3) is 4.07. The van der Waals surface area contributed by atoms with E-state index in [9.17, 15) is 4.79 Å². The predicted molar refractivity (Wildman–Crippen MR) is 129 cm³/mol. The Balaban J connectivity index is 1.40. The average molecular weight is 450 g/mol. The highest BCUT2D eigenvalue weighted by Gasteiger charge is 2.44. The molecule has 2 aliphatic heterocycles. The van der Waals surface area contributed by atoms with E-state index in [2.05, 4.69) is 37.0 Å². The summed E-state index contributed by atoms with van der Waals surface area (Å²) in [6.45, 7) is 7.21. The Morgan fingerprint density at radius 1 is 1.12 bits per heavy atom. The van der Waals surface area contributed by atoms with Crippen molar-refractivity contribution in [1.29, 1.82) is 0 Å². The summed E-state index contributed by atoms with van der Waals surface area (Å²) in [4.78, 5) is 36.1. The molecule has 2 unspecified atom stereocenters. The predicted octanol–water partition coefficient (Wildman–Crippen LogP) is 3.67. The van der Waals surface area contributed by atoms with Crippen LogP contribution in [0.5, 0.6) is 0 Å². The second kappa shape index (κ2) is 7.90. The Labute approximate surface area is 193 Å². The first-order valence-electron chi connectivity index (χ1n) is 11.4. The Morgan fingerprint density at radius 3 is 2.45 bits per heavy atom. The number of hydrogen-bond acceptors (Lipinski definition) is 7. The fourth-order valence-corrected chi connectivity index (χ4v) is 4.83. The van der Waals surface area contributed by atoms with E-state index in [1.54, 1.807) is 6.33 Å². The van der Waals surface area contributed by atoms with Crippen LogP contribution >= 0.6 is 0 Å². The first-order valence-corrected chi connectivity index (χ1v) is 11.4. The molecular weight excluding hydrogens is 418 g/mol. The molecule has 2 bridgehead atoms. The topological polar surface area (TPSA) is 90.5 Å². The average Bonchev–Trinajstić information content (AvgIpc) is 3.31. The maximum atomic E-state index is 12.8. The summed E-state index contributed by atoms with van der Waals surface area (Å²) in [7, 11) is 3.95. The number of carbonyl (C=O) groups excluding carboxylic acids is 1. The first-order chi connectivity index (χ1) is 15.7. The molecule has 0 aromatic carbocycles. The van der Waals surface area contributed by atoms with E-state index in [1.165, 1.54) is 0 Å². The zero-order chi connectivity index (χ0) is 23.3. The number of nitrogens with zero attached hydrogens (tertiary/aromatic N) is 6. The quantitative estimate of drug-likeness (QED) is 0.652. The van der Waals surface area contributed by atoms with Crippen LogP contribution in [0.25, 0.3) is 22.3 Å². The molecule has 33 heavy (non-hydrogen) atoms. The Bertz CT molecular complexity index is 1150. The number of amides is 1. The highest BCUT2D eigenvalue weighted by Crippen LogP contribution is 2.36. The van der Waals surface area contributed by atoms with Gasteiger partial charge in [0.2, 0.25) is 0 Å². The van der Waals surface area contributed by atoms with E-state index in [0.29, 0.717) is 0 Å². The smallest absolute Gasteiger partial charge is 0.410 e. The van der Waals surface area contributed by atoms with E-state index in [4.69, 9.17) is 4.74 Å². The molecule has 3 aromatic rings. The molecule has 0 spiro atoms. The van der Waals surface area contributed by atoms with Gasteiger partial charge in [-0.3, -0.25) is 4.90 Å². The van der Waals surface area contributed by atoms with Crippen LogP contribution in [0.2, 0.25) is 0 Å². The summed E-state index contributed by atoms with van der Waals surface area (Å²) >= 11 is 0. The molecule has 1 amide bonds. The number of fused-ring (bicyclic) bond motifs is 3. The van der Waals surface area contributed by atoms with Gasteiger partial charge in [0.1, 0.15) is 29.2 Å². The van der Waals surface area contributed by atoms with E-state index in [0.717, 1.165) is 59.9 Å². The molecule has 0 radical (unpaired) electrons. The van der Waals surface area contributed by atoms with Crippen LogP contribution in [0.15, 0.2) is 30.7 Å². The van der Waals surface area contributed by atoms with Crippen LogP contribution in [0.3, 0.4) is 0 Å². The number of pyridine rings is 1. The van der Waals surface area contributed by atoms with Gasteiger partial charge in [-0.25, -0.2) is 19.7 Å². The van der Waals surface area contributed by atoms with Gasteiger partial charge in [0.15, 0.2) is 0 Å². The highest BCUT2D eigenvalue weighted by molar-refractivity contribution is 5.92. The molecule has 5 rings (SSSR count). The Kier molecular flexibility index (Phi) is 5.14. The SMILES string of the molecule is CN(C)c1ccc(-c2cc3c(N4CC5CCC(C4)N5C(=O)OC(C)(C)C)ncnc3[nH]2)cn1. The van der Waals surface area contributed by atoms with E-state index in [-0.39, 0.29) is 18.2 Å². The second-order valence-corrected chi connectivity index (χ2v) is 10.1. The van der Waals surface area contributed by atoms with Crippen molar-refractivity contribution in [2.45, 2.75) is 51.3 Å². The summed E-state index contributed by atoms with van der Waals surface area (Å²) in [5.41, 5.74) is 2.26. The van der Waals surface area contributed by atoms with Gasteiger partial charge < -0.3 is 19.5 Å². The van der Waals surface area contributed by atoms with Crippen molar-refractivity contribution >= 4 is 28.8 Å². The van der Waals surface area contributed by atoms with Gasteiger partial charge in [-0.15, -0.1) is 0 Å². The van der Waals surface area contributed by atoms with Crippen molar-refractivity contribution in [3.63, 3.8) is 0 Å². The largest absolute Gasteiger partial charge is 0.444 e. The van der Waals surface area contributed by atoms with Crippen LogP contribution in [0.4, 0.5) is 16.4 Å². The fraction of sp³-hybridized carbons (Fsp3) is 0.500. The van der Waals surface area contributed by atoms with Gasteiger partial charge in [-0.05, 0) is 51.8 Å². The lowest BCUT2D eigenvalue weighted by molar-refractivity contribution is 0.0123. The fourth-order valence-electron chi connectivity index (χ4n) is 4.83. The maximum Gasteiger partial charge on any atom is 0.410 e. The number of aromatic amines is 1.